The standard InChI is InChI=1S/C14H20FN3.HI/c1-2-16-14(18-8-3-4-9-18)17-11-12-6-5-7-13(15)10-12;/h5-7,10H,2-4,8-9,11H2,1H3,(H,16,17);1H. The van der Waals surface area contributed by atoms with E-state index in [1.807, 2.05) is 6.07 Å². The van der Waals surface area contributed by atoms with E-state index in [4.69, 9.17) is 0 Å². The second-order valence-electron chi connectivity index (χ2n) is 4.49. The van der Waals surface area contributed by atoms with Crippen molar-refractivity contribution in [1.29, 1.82) is 0 Å². The first-order chi connectivity index (χ1) is 8.79. The van der Waals surface area contributed by atoms with Crippen LogP contribution in [0.2, 0.25) is 0 Å². The molecular formula is C14H21FIN3. The molecule has 1 heterocycles. The van der Waals surface area contributed by atoms with Gasteiger partial charge in [0.05, 0.1) is 6.54 Å². The number of benzene rings is 1. The van der Waals surface area contributed by atoms with E-state index in [-0.39, 0.29) is 29.8 Å². The minimum absolute atomic E-state index is 0. The van der Waals surface area contributed by atoms with Gasteiger partial charge < -0.3 is 10.2 Å². The Morgan fingerprint density at radius 3 is 2.74 bits per heavy atom. The second kappa shape index (κ2) is 8.35. The lowest BCUT2D eigenvalue weighted by molar-refractivity contribution is 0.493. The number of nitrogens with one attached hydrogen (secondary N) is 1. The fraction of sp³-hybridized carbons (Fsp3) is 0.500. The molecule has 0 amide bonds. The molecule has 1 aliphatic heterocycles. The predicted octanol–water partition coefficient (Wildman–Crippen LogP) is 3.01. The van der Waals surface area contributed by atoms with Crippen LogP contribution in [0.3, 0.4) is 0 Å². The molecule has 0 radical (unpaired) electrons. The molecule has 0 aromatic heterocycles. The Labute approximate surface area is 131 Å². The summed E-state index contributed by atoms with van der Waals surface area (Å²) in [5, 5.41) is 3.29. The number of hydrogen-bond donors (Lipinski definition) is 1. The Kier molecular flexibility index (Phi) is 7.12. The zero-order valence-electron chi connectivity index (χ0n) is 11.2. The number of hydrogen-bond acceptors (Lipinski definition) is 1. The van der Waals surface area contributed by atoms with Crippen molar-refractivity contribution in [3.05, 3.63) is 35.6 Å². The van der Waals surface area contributed by atoms with E-state index in [9.17, 15) is 4.39 Å². The highest BCUT2D eigenvalue weighted by molar-refractivity contribution is 14.0. The van der Waals surface area contributed by atoms with Crippen molar-refractivity contribution in [2.45, 2.75) is 26.3 Å². The van der Waals surface area contributed by atoms with Crippen molar-refractivity contribution in [2.24, 2.45) is 4.99 Å². The van der Waals surface area contributed by atoms with E-state index >= 15 is 0 Å². The summed E-state index contributed by atoms with van der Waals surface area (Å²) in [6.07, 6.45) is 2.45. The molecule has 19 heavy (non-hydrogen) atoms. The van der Waals surface area contributed by atoms with E-state index in [1.54, 1.807) is 6.07 Å². The van der Waals surface area contributed by atoms with Crippen molar-refractivity contribution < 1.29 is 4.39 Å². The minimum Gasteiger partial charge on any atom is -0.357 e. The summed E-state index contributed by atoms with van der Waals surface area (Å²) in [7, 11) is 0. The van der Waals surface area contributed by atoms with E-state index in [0.717, 1.165) is 31.2 Å². The molecule has 1 fully saturated rings. The first kappa shape index (κ1) is 16.2. The zero-order valence-corrected chi connectivity index (χ0v) is 13.6. The Bertz CT molecular complexity index is 417. The average Bonchev–Trinajstić information content (AvgIpc) is 2.88. The number of aliphatic imine (C=N–C) groups is 1. The van der Waals surface area contributed by atoms with Crippen molar-refractivity contribution >= 4 is 29.9 Å². The summed E-state index contributed by atoms with van der Waals surface area (Å²) in [6, 6.07) is 6.62. The summed E-state index contributed by atoms with van der Waals surface area (Å²) in [5.41, 5.74) is 0.907. The molecule has 1 aromatic rings. The molecule has 0 atom stereocenters. The number of rotatable bonds is 3. The summed E-state index contributed by atoms with van der Waals surface area (Å²) in [4.78, 5) is 6.84. The highest BCUT2D eigenvalue weighted by Crippen LogP contribution is 2.09. The molecule has 2 rings (SSSR count). The highest BCUT2D eigenvalue weighted by atomic mass is 127. The van der Waals surface area contributed by atoms with Crippen LogP contribution in [0.15, 0.2) is 29.3 Å². The van der Waals surface area contributed by atoms with Gasteiger partial charge in [-0.2, -0.15) is 0 Å². The van der Waals surface area contributed by atoms with E-state index in [2.05, 4.69) is 22.1 Å². The van der Waals surface area contributed by atoms with Crippen LogP contribution in [0.1, 0.15) is 25.3 Å². The lowest BCUT2D eigenvalue weighted by Gasteiger charge is -2.20. The van der Waals surface area contributed by atoms with Gasteiger partial charge in [0.25, 0.3) is 0 Å². The van der Waals surface area contributed by atoms with E-state index in [0.29, 0.717) is 6.54 Å². The van der Waals surface area contributed by atoms with Gasteiger partial charge in [-0.1, -0.05) is 12.1 Å². The number of halogens is 2. The number of guanidine groups is 1. The number of likely N-dealkylation sites (tertiary alicyclic amines) is 1. The Hall–Kier alpha value is -0.850. The van der Waals surface area contributed by atoms with Gasteiger partial charge in [-0.25, -0.2) is 9.38 Å². The molecule has 5 heteroatoms. The van der Waals surface area contributed by atoms with E-state index < -0.39 is 0 Å². The first-order valence-corrected chi connectivity index (χ1v) is 6.57. The molecule has 1 saturated heterocycles. The summed E-state index contributed by atoms with van der Waals surface area (Å²) >= 11 is 0. The predicted molar refractivity (Wildman–Crippen MR) is 87.4 cm³/mol. The lowest BCUT2D eigenvalue weighted by atomic mass is 10.2. The molecule has 0 saturated carbocycles. The Balaban J connectivity index is 0.00000180. The van der Waals surface area contributed by atoms with Gasteiger partial charge >= 0.3 is 0 Å². The molecule has 0 unspecified atom stereocenters. The Morgan fingerprint density at radius 2 is 2.11 bits per heavy atom. The van der Waals surface area contributed by atoms with Crippen LogP contribution in [0.4, 0.5) is 4.39 Å². The molecule has 1 N–H and O–H groups in total. The smallest absolute Gasteiger partial charge is 0.194 e. The third-order valence-electron chi connectivity index (χ3n) is 3.04. The van der Waals surface area contributed by atoms with Gasteiger partial charge in [-0.3, -0.25) is 0 Å². The van der Waals surface area contributed by atoms with Crippen LogP contribution in [-0.2, 0) is 6.54 Å². The maximum absolute atomic E-state index is 13.1. The summed E-state index contributed by atoms with van der Waals surface area (Å²) in [6.45, 7) is 5.58. The van der Waals surface area contributed by atoms with Gasteiger partial charge in [0.2, 0.25) is 0 Å². The second-order valence-corrected chi connectivity index (χ2v) is 4.49. The van der Waals surface area contributed by atoms with Crippen molar-refractivity contribution in [3.63, 3.8) is 0 Å². The highest BCUT2D eigenvalue weighted by Gasteiger charge is 2.15. The monoisotopic (exact) mass is 377 g/mol. The van der Waals surface area contributed by atoms with Crippen LogP contribution in [-0.4, -0.2) is 30.5 Å². The van der Waals surface area contributed by atoms with Gasteiger partial charge in [0, 0.05) is 19.6 Å². The van der Waals surface area contributed by atoms with Crippen molar-refractivity contribution in [2.75, 3.05) is 19.6 Å². The van der Waals surface area contributed by atoms with Gasteiger partial charge in [0.15, 0.2) is 5.96 Å². The maximum Gasteiger partial charge on any atom is 0.194 e. The van der Waals surface area contributed by atoms with Crippen LogP contribution >= 0.6 is 24.0 Å². The third kappa shape index (κ3) is 4.97. The van der Waals surface area contributed by atoms with Gasteiger partial charge in [0.1, 0.15) is 5.82 Å². The first-order valence-electron chi connectivity index (χ1n) is 6.57. The summed E-state index contributed by atoms with van der Waals surface area (Å²) < 4.78 is 13.1. The van der Waals surface area contributed by atoms with Crippen LogP contribution in [0, 0.1) is 5.82 Å². The molecule has 0 bridgehead atoms. The normalized spacial score (nSPS) is 15.3. The maximum atomic E-state index is 13.1. The fourth-order valence-corrected chi connectivity index (χ4v) is 2.16. The molecule has 3 nitrogen and oxygen atoms in total. The van der Waals surface area contributed by atoms with Crippen LogP contribution < -0.4 is 5.32 Å². The molecule has 1 aromatic carbocycles. The topological polar surface area (TPSA) is 27.6 Å². The fourth-order valence-electron chi connectivity index (χ4n) is 2.16. The minimum atomic E-state index is -0.200. The van der Waals surface area contributed by atoms with Crippen molar-refractivity contribution in [3.8, 4) is 0 Å². The third-order valence-corrected chi connectivity index (χ3v) is 3.04. The number of nitrogens with zero attached hydrogens (tertiary/aromatic N) is 2. The quantitative estimate of drug-likeness (QED) is 0.498. The average molecular weight is 377 g/mol. The Morgan fingerprint density at radius 1 is 1.37 bits per heavy atom. The molecule has 0 aliphatic carbocycles. The summed E-state index contributed by atoms with van der Waals surface area (Å²) in [5.74, 6) is 0.744. The largest absolute Gasteiger partial charge is 0.357 e. The molecule has 1 aliphatic rings. The molecular weight excluding hydrogens is 356 g/mol. The van der Waals surface area contributed by atoms with Crippen molar-refractivity contribution in [1.82, 2.24) is 10.2 Å². The van der Waals surface area contributed by atoms with Crippen LogP contribution in [0.5, 0.6) is 0 Å². The molecule has 106 valence electrons. The zero-order chi connectivity index (χ0) is 12.8. The SMILES string of the molecule is CCNC(=NCc1cccc(F)c1)N1CCCC1.I. The van der Waals surface area contributed by atoms with Crippen LogP contribution in [0.25, 0.3) is 0 Å². The van der Waals surface area contributed by atoms with Gasteiger partial charge in [-0.05, 0) is 37.5 Å². The van der Waals surface area contributed by atoms with E-state index in [1.165, 1.54) is 25.0 Å². The van der Waals surface area contributed by atoms with Gasteiger partial charge in [-0.15, -0.1) is 24.0 Å². The molecule has 0 spiro atoms. The lowest BCUT2D eigenvalue weighted by Crippen LogP contribution is -2.39.